The largest absolute Gasteiger partial charge is 0.416 e. The summed E-state index contributed by atoms with van der Waals surface area (Å²) in [6.07, 6.45) is -1.28. The number of benzene rings is 1. The second-order valence-corrected chi connectivity index (χ2v) is 6.88. The normalized spacial score (nSPS) is 16.7. The summed E-state index contributed by atoms with van der Waals surface area (Å²) in [7, 11) is 0. The quantitative estimate of drug-likeness (QED) is 0.585. The van der Waals surface area contributed by atoms with Gasteiger partial charge in [-0.2, -0.15) is 13.2 Å². The molecule has 0 aliphatic carbocycles. The van der Waals surface area contributed by atoms with Crippen LogP contribution >= 0.6 is 0 Å². The Bertz CT molecular complexity index is 981. The molecule has 1 aliphatic rings. The number of rotatable bonds is 4. The third-order valence-electron chi connectivity index (χ3n) is 5.05. The monoisotopic (exact) mass is 406 g/mol. The Balaban J connectivity index is 1.90. The van der Waals surface area contributed by atoms with Crippen LogP contribution in [0.15, 0.2) is 30.5 Å². The molecule has 0 atom stereocenters. The number of alkyl halides is 3. The first-order valence-electron chi connectivity index (χ1n) is 9.34. The maximum Gasteiger partial charge on any atom is 0.416 e. The van der Waals surface area contributed by atoms with E-state index in [1.54, 1.807) is 12.3 Å². The van der Waals surface area contributed by atoms with Crippen LogP contribution in [-0.2, 0) is 12.7 Å². The van der Waals surface area contributed by atoms with Crippen molar-refractivity contribution in [3.05, 3.63) is 57.7 Å². The van der Waals surface area contributed by atoms with Gasteiger partial charge >= 0.3 is 6.18 Å². The van der Waals surface area contributed by atoms with Gasteiger partial charge in [-0.05, 0) is 30.2 Å². The molecule has 1 fully saturated rings. The fourth-order valence-corrected chi connectivity index (χ4v) is 3.38. The topological polar surface area (TPSA) is 92.2 Å². The molecule has 1 saturated heterocycles. The van der Waals surface area contributed by atoms with Crippen LogP contribution in [0.25, 0.3) is 12.0 Å². The lowest BCUT2D eigenvalue weighted by Gasteiger charge is -2.29. The van der Waals surface area contributed by atoms with Crippen LogP contribution in [-0.4, -0.2) is 31.2 Å². The van der Waals surface area contributed by atoms with Crippen LogP contribution < -0.4 is 37.6 Å². The van der Waals surface area contributed by atoms with Gasteiger partial charge in [0.1, 0.15) is 5.82 Å². The third-order valence-corrected chi connectivity index (χ3v) is 5.05. The lowest BCUT2D eigenvalue weighted by Crippen LogP contribution is -2.45. The van der Waals surface area contributed by atoms with E-state index >= 15 is 0 Å². The van der Waals surface area contributed by atoms with Gasteiger partial charge in [-0.3, -0.25) is 4.98 Å². The van der Waals surface area contributed by atoms with Crippen molar-refractivity contribution < 1.29 is 13.2 Å². The summed E-state index contributed by atoms with van der Waals surface area (Å²) < 4.78 is 39.4. The Hall–Kier alpha value is -2.94. The van der Waals surface area contributed by atoms with Crippen LogP contribution in [0.5, 0.6) is 0 Å². The fourth-order valence-electron chi connectivity index (χ4n) is 3.38. The summed E-state index contributed by atoms with van der Waals surface area (Å²) in [5, 5.41) is 7.44. The lowest BCUT2D eigenvalue weighted by molar-refractivity contribution is -0.138. The Morgan fingerprint density at radius 3 is 2.69 bits per heavy atom. The molecule has 6 nitrogen and oxygen atoms in total. The SMILES string of the molecule is Cc1c(CN/C(N)=c2\cc(N3CCNCC3)cn\c2=C\N)cccc1C(F)(F)F. The number of piperazine rings is 1. The zero-order valence-electron chi connectivity index (χ0n) is 16.2. The summed E-state index contributed by atoms with van der Waals surface area (Å²) in [5.41, 5.74) is 12.9. The van der Waals surface area contributed by atoms with E-state index in [1.165, 1.54) is 19.2 Å². The number of hydrogen-bond donors (Lipinski definition) is 4. The first-order valence-corrected chi connectivity index (χ1v) is 9.34. The standard InChI is InChI=1S/C20H25F3N6/c1-13-14(3-2-4-17(13)20(21,22)23)11-28-19(25)16-9-15(12-27-18(16)10-24)29-7-5-26-6-8-29/h2-4,9-10,12,26,28H,5-8,11,24-25H2,1H3/b18-10+,19-16+. The molecule has 156 valence electrons. The van der Waals surface area contributed by atoms with E-state index in [9.17, 15) is 13.2 Å². The van der Waals surface area contributed by atoms with E-state index < -0.39 is 11.7 Å². The van der Waals surface area contributed by atoms with Crippen LogP contribution in [0.1, 0.15) is 16.7 Å². The molecule has 0 saturated carbocycles. The van der Waals surface area contributed by atoms with Crippen LogP contribution in [0.4, 0.5) is 18.9 Å². The predicted molar refractivity (Wildman–Crippen MR) is 108 cm³/mol. The van der Waals surface area contributed by atoms with Gasteiger partial charge in [0.25, 0.3) is 0 Å². The summed E-state index contributed by atoms with van der Waals surface area (Å²) >= 11 is 0. The molecule has 9 heteroatoms. The molecule has 0 bridgehead atoms. The minimum absolute atomic E-state index is 0.156. The van der Waals surface area contributed by atoms with E-state index in [-0.39, 0.29) is 12.1 Å². The smallest absolute Gasteiger partial charge is 0.403 e. The number of nitrogens with zero attached hydrogens (tertiary/aromatic N) is 2. The van der Waals surface area contributed by atoms with Crippen molar-refractivity contribution in [3.8, 4) is 0 Å². The molecule has 0 radical (unpaired) electrons. The molecule has 2 aromatic rings. The fraction of sp³-hybridized carbons (Fsp3) is 0.350. The van der Waals surface area contributed by atoms with Gasteiger partial charge in [0.2, 0.25) is 0 Å². The molecule has 29 heavy (non-hydrogen) atoms. The second-order valence-electron chi connectivity index (χ2n) is 6.88. The zero-order valence-corrected chi connectivity index (χ0v) is 16.2. The van der Waals surface area contributed by atoms with Gasteiger partial charge in [-0.15, -0.1) is 0 Å². The van der Waals surface area contributed by atoms with Crippen molar-refractivity contribution in [2.75, 3.05) is 31.1 Å². The molecule has 2 heterocycles. The third kappa shape index (κ3) is 4.73. The highest BCUT2D eigenvalue weighted by Gasteiger charge is 2.32. The van der Waals surface area contributed by atoms with E-state index in [1.807, 2.05) is 6.07 Å². The molecular weight excluding hydrogens is 381 g/mol. The van der Waals surface area contributed by atoms with Gasteiger partial charge in [-0.1, -0.05) is 12.1 Å². The first-order chi connectivity index (χ1) is 13.8. The minimum atomic E-state index is -4.39. The van der Waals surface area contributed by atoms with E-state index in [0.29, 0.717) is 22.0 Å². The molecule has 6 N–H and O–H groups in total. The minimum Gasteiger partial charge on any atom is -0.403 e. The Labute approximate surface area is 167 Å². The molecule has 3 rings (SSSR count). The summed E-state index contributed by atoms with van der Waals surface area (Å²) in [4.78, 5) is 6.57. The molecular formula is C20H25F3N6. The highest BCUT2D eigenvalue weighted by molar-refractivity contribution is 5.50. The number of aromatic nitrogens is 1. The van der Waals surface area contributed by atoms with Crippen LogP contribution in [0.2, 0.25) is 0 Å². The molecule has 1 aliphatic heterocycles. The second kappa shape index (κ2) is 8.60. The maximum absolute atomic E-state index is 13.1. The van der Waals surface area contributed by atoms with Crippen LogP contribution in [0.3, 0.4) is 0 Å². The first kappa shape index (κ1) is 20.8. The molecule has 1 aromatic carbocycles. The van der Waals surface area contributed by atoms with E-state index in [0.717, 1.165) is 37.9 Å². The van der Waals surface area contributed by atoms with Gasteiger partial charge in [0, 0.05) is 44.1 Å². The maximum atomic E-state index is 13.1. The highest BCUT2D eigenvalue weighted by Crippen LogP contribution is 2.32. The van der Waals surface area contributed by atoms with Crippen molar-refractivity contribution in [3.63, 3.8) is 0 Å². The van der Waals surface area contributed by atoms with Crippen molar-refractivity contribution in [2.45, 2.75) is 19.6 Å². The van der Waals surface area contributed by atoms with E-state index in [4.69, 9.17) is 11.5 Å². The Kier molecular flexibility index (Phi) is 6.17. The lowest BCUT2D eigenvalue weighted by atomic mass is 10.0. The molecule has 1 aromatic heterocycles. The van der Waals surface area contributed by atoms with Gasteiger partial charge in [-0.25, -0.2) is 0 Å². The van der Waals surface area contributed by atoms with Crippen molar-refractivity contribution in [2.24, 2.45) is 11.5 Å². The Morgan fingerprint density at radius 2 is 2.03 bits per heavy atom. The number of hydrogen-bond acceptors (Lipinski definition) is 6. The van der Waals surface area contributed by atoms with Crippen molar-refractivity contribution in [1.29, 1.82) is 0 Å². The number of nitrogens with one attached hydrogen (secondary N) is 2. The molecule has 0 unspecified atom stereocenters. The van der Waals surface area contributed by atoms with Gasteiger partial charge in [0.15, 0.2) is 0 Å². The molecule has 0 spiro atoms. The Morgan fingerprint density at radius 1 is 1.31 bits per heavy atom. The average molecular weight is 406 g/mol. The van der Waals surface area contributed by atoms with Crippen LogP contribution in [0, 0.1) is 6.92 Å². The van der Waals surface area contributed by atoms with Gasteiger partial charge in [0.05, 0.1) is 22.8 Å². The summed E-state index contributed by atoms with van der Waals surface area (Å²) in [6, 6.07) is 6.03. The van der Waals surface area contributed by atoms with E-state index in [2.05, 4.69) is 20.5 Å². The number of anilines is 1. The van der Waals surface area contributed by atoms with Gasteiger partial charge < -0.3 is 27.0 Å². The number of nitrogens with two attached hydrogens (primary N) is 2. The molecule has 0 amide bonds. The van der Waals surface area contributed by atoms with Crippen molar-refractivity contribution in [1.82, 2.24) is 15.6 Å². The predicted octanol–water partition coefficient (Wildman–Crippen LogP) is 0.329. The number of pyridine rings is 1. The average Bonchev–Trinajstić information content (AvgIpc) is 2.72. The number of halogens is 3. The summed E-state index contributed by atoms with van der Waals surface area (Å²) in [5.74, 6) is 0.308. The zero-order chi connectivity index (χ0) is 21.0. The van der Waals surface area contributed by atoms with Crippen molar-refractivity contribution >= 4 is 17.7 Å². The summed E-state index contributed by atoms with van der Waals surface area (Å²) in [6.45, 7) is 5.08. The highest BCUT2D eigenvalue weighted by atomic mass is 19.4.